The summed E-state index contributed by atoms with van der Waals surface area (Å²) in [6.07, 6.45) is 2.72. The van der Waals surface area contributed by atoms with Crippen LogP contribution in [0.5, 0.6) is 0 Å². The molecule has 0 aromatic heterocycles. The molecule has 1 aromatic rings. The van der Waals surface area contributed by atoms with Crippen molar-refractivity contribution in [1.82, 2.24) is 10.2 Å². The van der Waals surface area contributed by atoms with E-state index in [2.05, 4.69) is 16.8 Å². The van der Waals surface area contributed by atoms with Gasteiger partial charge >= 0.3 is 0 Å². The van der Waals surface area contributed by atoms with E-state index in [9.17, 15) is 4.39 Å². The number of halogens is 3. The molecule has 0 saturated carbocycles. The summed E-state index contributed by atoms with van der Waals surface area (Å²) in [5.74, 6) is -0.290. The van der Waals surface area contributed by atoms with Crippen molar-refractivity contribution in [3.8, 4) is 0 Å². The van der Waals surface area contributed by atoms with Crippen LogP contribution in [0.3, 0.4) is 0 Å². The van der Waals surface area contributed by atoms with Crippen LogP contribution in [0.2, 0.25) is 5.02 Å². The average molecular weight is 305 g/mol. The summed E-state index contributed by atoms with van der Waals surface area (Å²) in [5, 5.41) is 3.83. The number of hydrogen-bond acceptors (Lipinski definition) is 2. The Balaban J connectivity index is 0.00000180. The van der Waals surface area contributed by atoms with Crippen molar-refractivity contribution < 1.29 is 4.39 Å². The third-order valence-electron chi connectivity index (χ3n) is 3.30. The smallest absolute Gasteiger partial charge is 0.124 e. The highest BCUT2D eigenvalue weighted by atomic mass is 35.5. The molecular weight excluding hydrogens is 286 g/mol. The second-order valence-electron chi connectivity index (χ2n) is 4.49. The molecule has 1 aliphatic heterocycles. The maximum Gasteiger partial charge on any atom is 0.124 e. The quantitative estimate of drug-likeness (QED) is 0.858. The lowest BCUT2D eigenvalue weighted by Gasteiger charge is -2.35. The Morgan fingerprint density at radius 2 is 2.11 bits per heavy atom. The summed E-state index contributed by atoms with van der Waals surface area (Å²) in [7, 11) is 0. The van der Waals surface area contributed by atoms with E-state index in [1.54, 1.807) is 6.07 Å². The van der Waals surface area contributed by atoms with Gasteiger partial charge in [-0.15, -0.1) is 19.0 Å². The Morgan fingerprint density at radius 3 is 2.68 bits per heavy atom. The lowest BCUT2D eigenvalue weighted by atomic mass is 10.0. The molecule has 0 bridgehead atoms. The Bertz CT molecular complexity index is 420. The molecule has 0 spiro atoms. The zero-order valence-electron chi connectivity index (χ0n) is 10.7. The van der Waals surface area contributed by atoms with Crippen LogP contribution in [0.15, 0.2) is 30.9 Å². The number of benzene rings is 1. The molecule has 0 unspecified atom stereocenters. The third-order valence-corrected chi connectivity index (χ3v) is 3.63. The fraction of sp³-hybridized carbons (Fsp3) is 0.429. The minimum absolute atomic E-state index is 0. The molecule has 0 amide bonds. The predicted octanol–water partition coefficient (Wildman–Crippen LogP) is 3.42. The SMILES string of the molecule is C=CC[C@@H](c1ccc(F)cc1Cl)N1CCNCC1.Cl. The molecule has 1 atom stereocenters. The lowest BCUT2D eigenvalue weighted by molar-refractivity contribution is 0.174. The van der Waals surface area contributed by atoms with Crippen LogP contribution >= 0.6 is 24.0 Å². The maximum absolute atomic E-state index is 13.1. The summed E-state index contributed by atoms with van der Waals surface area (Å²) in [4.78, 5) is 2.37. The van der Waals surface area contributed by atoms with Crippen molar-refractivity contribution in [2.45, 2.75) is 12.5 Å². The summed E-state index contributed by atoms with van der Waals surface area (Å²) in [5.41, 5.74) is 0.986. The van der Waals surface area contributed by atoms with Crippen molar-refractivity contribution in [3.05, 3.63) is 47.3 Å². The van der Waals surface area contributed by atoms with E-state index in [-0.39, 0.29) is 24.3 Å². The van der Waals surface area contributed by atoms with Crippen LogP contribution in [-0.4, -0.2) is 31.1 Å². The first kappa shape index (κ1) is 16.4. The molecule has 2 rings (SSSR count). The molecule has 1 heterocycles. The van der Waals surface area contributed by atoms with E-state index in [1.807, 2.05) is 6.08 Å². The number of piperazine rings is 1. The highest BCUT2D eigenvalue weighted by molar-refractivity contribution is 6.31. The minimum atomic E-state index is -0.290. The summed E-state index contributed by atoms with van der Waals surface area (Å²) < 4.78 is 13.1. The van der Waals surface area contributed by atoms with Gasteiger partial charge in [-0.2, -0.15) is 0 Å². The van der Waals surface area contributed by atoms with Gasteiger partial charge in [-0.05, 0) is 24.1 Å². The van der Waals surface area contributed by atoms with Gasteiger partial charge in [0.25, 0.3) is 0 Å². The van der Waals surface area contributed by atoms with E-state index in [0.29, 0.717) is 5.02 Å². The Hall–Kier alpha value is -0.610. The number of nitrogens with zero attached hydrogens (tertiary/aromatic N) is 1. The van der Waals surface area contributed by atoms with Crippen LogP contribution in [0.25, 0.3) is 0 Å². The summed E-state index contributed by atoms with van der Waals surface area (Å²) in [6.45, 7) is 7.72. The first-order valence-corrected chi connectivity index (χ1v) is 6.61. The molecule has 1 aromatic carbocycles. The van der Waals surface area contributed by atoms with Crippen LogP contribution in [0, 0.1) is 5.82 Å². The largest absolute Gasteiger partial charge is 0.314 e. The first-order valence-electron chi connectivity index (χ1n) is 6.23. The van der Waals surface area contributed by atoms with Gasteiger partial charge in [-0.25, -0.2) is 4.39 Å². The van der Waals surface area contributed by atoms with Gasteiger partial charge in [0.2, 0.25) is 0 Å². The minimum Gasteiger partial charge on any atom is -0.314 e. The Labute approximate surface area is 125 Å². The van der Waals surface area contributed by atoms with Crippen LogP contribution in [0.1, 0.15) is 18.0 Å². The zero-order valence-corrected chi connectivity index (χ0v) is 12.3. The van der Waals surface area contributed by atoms with Gasteiger partial charge in [0.1, 0.15) is 5.82 Å². The topological polar surface area (TPSA) is 15.3 Å². The zero-order chi connectivity index (χ0) is 13.0. The van der Waals surface area contributed by atoms with Crippen LogP contribution in [0.4, 0.5) is 4.39 Å². The number of rotatable bonds is 4. The molecule has 0 aliphatic carbocycles. The maximum atomic E-state index is 13.1. The van der Waals surface area contributed by atoms with Gasteiger partial charge in [-0.1, -0.05) is 23.7 Å². The van der Waals surface area contributed by atoms with Gasteiger partial charge < -0.3 is 5.32 Å². The molecular formula is C14H19Cl2FN2. The van der Waals surface area contributed by atoms with Gasteiger partial charge in [0.15, 0.2) is 0 Å². The Morgan fingerprint density at radius 1 is 1.42 bits per heavy atom. The van der Waals surface area contributed by atoms with Crippen LogP contribution < -0.4 is 5.32 Å². The average Bonchev–Trinajstić information content (AvgIpc) is 2.38. The normalized spacial score (nSPS) is 17.6. The monoisotopic (exact) mass is 304 g/mol. The molecule has 0 radical (unpaired) electrons. The van der Waals surface area contributed by atoms with E-state index < -0.39 is 0 Å². The van der Waals surface area contributed by atoms with Crippen LogP contribution in [-0.2, 0) is 0 Å². The highest BCUT2D eigenvalue weighted by Crippen LogP contribution is 2.31. The number of nitrogens with one attached hydrogen (secondary N) is 1. The highest BCUT2D eigenvalue weighted by Gasteiger charge is 2.22. The summed E-state index contributed by atoms with van der Waals surface area (Å²) in [6, 6.07) is 4.83. The van der Waals surface area contributed by atoms with Crippen molar-refractivity contribution in [1.29, 1.82) is 0 Å². The van der Waals surface area contributed by atoms with Crippen molar-refractivity contribution in [3.63, 3.8) is 0 Å². The second kappa shape index (κ2) is 7.85. The first-order chi connectivity index (χ1) is 8.72. The fourth-order valence-corrected chi connectivity index (χ4v) is 2.69. The fourth-order valence-electron chi connectivity index (χ4n) is 2.40. The van der Waals surface area contributed by atoms with Gasteiger partial charge in [0.05, 0.1) is 0 Å². The van der Waals surface area contributed by atoms with E-state index in [0.717, 1.165) is 38.2 Å². The van der Waals surface area contributed by atoms with Crippen molar-refractivity contribution in [2.24, 2.45) is 0 Å². The lowest BCUT2D eigenvalue weighted by Crippen LogP contribution is -2.45. The van der Waals surface area contributed by atoms with E-state index >= 15 is 0 Å². The molecule has 1 N–H and O–H groups in total. The molecule has 19 heavy (non-hydrogen) atoms. The molecule has 5 heteroatoms. The standard InChI is InChI=1S/C14H18ClFN2.ClH/c1-2-3-14(18-8-6-17-7-9-18)12-5-4-11(16)10-13(12)15;/h2,4-5,10,14,17H,1,3,6-9H2;1H/t14-;/m0./s1. The molecule has 2 nitrogen and oxygen atoms in total. The summed E-state index contributed by atoms with van der Waals surface area (Å²) >= 11 is 6.16. The molecule has 1 saturated heterocycles. The second-order valence-corrected chi connectivity index (χ2v) is 4.90. The molecule has 1 fully saturated rings. The van der Waals surface area contributed by atoms with Crippen molar-refractivity contribution >= 4 is 24.0 Å². The van der Waals surface area contributed by atoms with Gasteiger partial charge in [0, 0.05) is 37.2 Å². The van der Waals surface area contributed by atoms with Gasteiger partial charge in [-0.3, -0.25) is 4.90 Å². The number of hydrogen-bond donors (Lipinski definition) is 1. The third kappa shape index (κ3) is 4.18. The van der Waals surface area contributed by atoms with E-state index in [1.165, 1.54) is 12.1 Å². The van der Waals surface area contributed by atoms with Crippen molar-refractivity contribution in [2.75, 3.05) is 26.2 Å². The molecule has 1 aliphatic rings. The predicted molar refractivity (Wildman–Crippen MR) is 80.7 cm³/mol. The molecule has 106 valence electrons. The Kier molecular flexibility index (Phi) is 6.80. The van der Waals surface area contributed by atoms with E-state index in [4.69, 9.17) is 11.6 Å².